The van der Waals surface area contributed by atoms with Gasteiger partial charge in [0.15, 0.2) is 0 Å². The number of ether oxygens (including phenoxy) is 1. The van der Waals surface area contributed by atoms with Gasteiger partial charge < -0.3 is 10.1 Å². The van der Waals surface area contributed by atoms with Crippen molar-refractivity contribution < 1.29 is 14.4 Å². The van der Waals surface area contributed by atoms with Gasteiger partial charge in [-0.2, -0.15) is 0 Å². The molecule has 1 saturated heterocycles. The number of oxime groups is 1. The number of carbonyl (C=O) groups is 1. The fraction of sp³-hybridized carbons (Fsp3) is 0.714. The molecule has 5 nitrogen and oxygen atoms in total. The normalized spacial score (nSPS) is 23.9. The molecule has 0 aliphatic carbocycles. The lowest BCUT2D eigenvalue weighted by molar-refractivity contribution is 0.144. The second kappa shape index (κ2) is 6.10. The first-order chi connectivity index (χ1) is 6.74. The number of amides is 1. The SMILES string of the molecule is CC1OCSC1=NOC(=O)NCCCl. The number of carbonyl (C=O) groups excluding carboxylic acids is 1. The summed E-state index contributed by atoms with van der Waals surface area (Å²) in [6, 6.07) is 0. The van der Waals surface area contributed by atoms with E-state index in [2.05, 4.69) is 15.3 Å². The molecule has 0 aromatic carbocycles. The predicted molar refractivity (Wildman–Crippen MR) is 55.6 cm³/mol. The summed E-state index contributed by atoms with van der Waals surface area (Å²) in [5.74, 6) is 0.895. The summed E-state index contributed by atoms with van der Waals surface area (Å²) in [5, 5.41) is 6.75. The summed E-state index contributed by atoms with van der Waals surface area (Å²) in [6.45, 7) is 2.21. The monoisotopic (exact) mass is 238 g/mol. The van der Waals surface area contributed by atoms with Gasteiger partial charge in [0, 0.05) is 12.4 Å². The highest BCUT2D eigenvalue weighted by molar-refractivity contribution is 8.14. The number of nitrogens with zero attached hydrogens (tertiary/aromatic N) is 1. The van der Waals surface area contributed by atoms with Crippen molar-refractivity contribution >= 4 is 34.5 Å². The maximum atomic E-state index is 10.9. The molecule has 80 valence electrons. The van der Waals surface area contributed by atoms with E-state index < -0.39 is 6.09 Å². The molecule has 1 amide bonds. The summed E-state index contributed by atoms with van der Waals surface area (Å²) in [5.41, 5.74) is 0. The molecule has 1 aliphatic rings. The molecule has 0 spiro atoms. The van der Waals surface area contributed by atoms with Crippen LogP contribution in [0.1, 0.15) is 6.92 Å². The smallest absolute Gasteiger partial charge is 0.361 e. The zero-order valence-electron chi connectivity index (χ0n) is 7.66. The van der Waals surface area contributed by atoms with Crippen molar-refractivity contribution in [1.29, 1.82) is 0 Å². The molecule has 0 aromatic heterocycles. The third kappa shape index (κ3) is 3.73. The van der Waals surface area contributed by atoms with Crippen LogP contribution in [0.3, 0.4) is 0 Å². The molecule has 1 rings (SSSR count). The van der Waals surface area contributed by atoms with Gasteiger partial charge in [-0.25, -0.2) is 4.79 Å². The lowest BCUT2D eigenvalue weighted by atomic mass is 10.4. The minimum Gasteiger partial charge on any atom is -0.361 e. The van der Waals surface area contributed by atoms with E-state index in [1.54, 1.807) is 0 Å². The molecule has 1 aliphatic heterocycles. The third-order valence-electron chi connectivity index (χ3n) is 1.45. The lowest BCUT2D eigenvalue weighted by Crippen LogP contribution is -2.25. The second-order valence-corrected chi connectivity index (χ2v) is 3.82. The number of halogens is 1. The molecule has 1 unspecified atom stereocenters. The zero-order chi connectivity index (χ0) is 10.4. The van der Waals surface area contributed by atoms with E-state index in [1.165, 1.54) is 11.8 Å². The molecule has 1 atom stereocenters. The van der Waals surface area contributed by atoms with Gasteiger partial charge in [0.1, 0.15) is 11.1 Å². The van der Waals surface area contributed by atoms with Crippen LogP contribution in [0.25, 0.3) is 0 Å². The standard InChI is InChI=1S/C7H11ClN2O3S/c1-5-6(14-4-12-5)10-13-7(11)9-3-2-8/h5H,2-4H2,1H3,(H,9,11). The van der Waals surface area contributed by atoms with Gasteiger partial charge in [0.25, 0.3) is 0 Å². The van der Waals surface area contributed by atoms with Crippen molar-refractivity contribution in [1.82, 2.24) is 5.32 Å². The minimum absolute atomic E-state index is 0.0965. The van der Waals surface area contributed by atoms with Crippen molar-refractivity contribution in [3.05, 3.63) is 0 Å². The second-order valence-electron chi connectivity index (χ2n) is 2.50. The van der Waals surface area contributed by atoms with E-state index in [9.17, 15) is 4.79 Å². The molecule has 1 heterocycles. The van der Waals surface area contributed by atoms with Crippen LogP contribution >= 0.6 is 23.4 Å². The first-order valence-electron chi connectivity index (χ1n) is 4.07. The summed E-state index contributed by atoms with van der Waals surface area (Å²) >= 11 is 6.78. The van der Waals surface area contributed by atoms with Gasteiger partial charge in [-0.3, -0.25) is 4.84 Å². The van der Waals surface area contributed by atoms with E-state index in [-0.39, 0.29) is 6.10 Å². The highest BCUT2D eigenvalue weighted by atomic mass is 35.5. The average molecular weight is 239 g/mol. The lowest BCUT2D eigenvalue weighted by Gasteiger charge is -2.01. The number of nitrogens with one attached hydrogen (secondary N) is 1. The summed E-state index contributed by atoms with van der Waals surface area (Å²) in [6.07, 6.45) is -0.696. The van der Waals surface area contributed by atoms with Gasteiger partial charge in [0.2, 0.25) is 0 Å². The third-order valence-corrected chi connectivity index (χ3v) is 2.60. The Morgan fingerprint density at radius 2 is 2.71 bits per heavy atom. The van der Waals surface area contributed by atoms with Crippen molar-refractivity contribution in [2.24, 2.45) is 5.16 Å². The van der Waals surface area contributed by atoms with Crippen molar-refractivity contribution in [3.8, 4) is 0 Å². The summed E-state index contributed by atoms with van der Waals surface area (Å²) in [7, 11) is 0. The van der Waals surface area contributed by atoms with Crippen LogP contribution in [0.15, 0.2) is 5.16 Å². The molecular formula is C7H11ClN2O3S. The fourth-order valence-corrected chi connectivity index (χ4v) is 1.63. The number of thioether (sulfide) groups is 1. The van der Waals surface area contributed by atoms with Crippen LogP contribution in [-0.2, 0) is 9.57 Å². The van der Waals surface area contributed by atoms with Crippen LogP contribution in [0.2, 0.25) is 0 Å². The Balaban J connectivity index is 2.27. The van der Waals surface area contributed by atoms with E-state index >= 15 is 0 Å². The van der Waals surface area contributed by atoms with Crippen LogP contribution in [-0.4, -0.2) is 35.6 Å². The topological polar surface area (TPSA) is 59.9 Å². The minimum atomic E-state index is -0.599. The first-order valence-corrected chi connectivity index (χ1v) is 5.59. The Morgan fingerprint density at radius 3 is 3.29 bits per heavy atom. The molecule has 7 heteroatoms. The van der Waals surface area contributed by atoms with E-state index in [4.69, 9.17) is 16.3 Å². The highest BCUT2D eigenvalue weighted by Crippen LogP contribution is 2.19. The van der Waals surface area contributed by atoms with Crippen LogP contribution < -0.4 is 5.32 Å². The van der Waals surface area contributed by atoms with Crippen molar-refractivity contribution in [2.75, 3.05) is 18.4 Å². The van der Waals surface area contributed by atoms with Crippen molar-refractivity contribution in [2.45, 2.75) is 13.0 Å². The summed E-state index contributed by atoms with van der Waals surface area (Å²) < 4.78 is 5.18. The zero-order valence-corrected chi connectivity index (χ0v) is 9.23. The summed E-state index contributed by atoms with van der Waals surface area (Å²) in [4.78, 5) is 15.5. The van der Waals surface area contributed by atoms with Crippen molar-refractivity contribution in [3.63, 3.8) is 0 Å². The molecule has 0 radical (unpaired) electrons. The van der Waals surface area contributed by atoms with Crippen LogP contribution in [0.5, 0.6) is 0 Å². The van der Waals surface area contributed by atoms with Gasteiger partial charge >= 0.3 is 6.09 Å². The molecule has 0 saturated carbocycles. The Kier molecular flexibility index (Phi) is 5.06. The Hall–Kier alpha value is -0.460. The Labute approximate surface area is 91.1 Å². The van der Waals surface area contributed by atoms with Crippen LogP contribution in [0.4, 0.5) is 4.79 Å². The number of hydrogen-bond acceptors (Lipinski definition) is 5. The van der Waals surface area contributed by atoms with E-state index in [0.29, 0.717) is 23.4 Å². The van der Waals surface area contributed by atoms with E-state index in [0.717, 1.165) is 0 Å². The number of alkyl halides is 1. The predicted octanol–water partition coefficient (Wildman–Crippen LogP) is 1.37. The maximum Gasteiger partial charge on any atom is 0.433 e. The van der Waals surface area contributed by atoms with Gasteiger partial charge in [0.05, 0.1) is 5.94 Å². The molecule has 0 aromatic rings. The quantitative estimate of drug-likeness (QED) is 0.458. The van der Waals surface area contributed by atoms with Crippen LogP contribution in [0, 0.1) is 0 Å². The Bertz CT molecular complexity index is 237. The molecule has 14 heavy (non-hydrogen) atoms. The molecule has 1 fully saturated rings. The largest absolute Gasteiger partial charge is 0.433 e. The number of hydrogen-bond donors (Lipinski definition) is 1. The van der Waals surface area contributed by atoms with Gasteiger partial charge in [-0.05, 0) is 6.92 Å². The first kappa shape index (κ1) is 11.6. The van der Waals surface area contributed by atoms with Gasteiger partial charge in [-0.1, -0.05) is 16.9 Å². The number of rotatable bonds is 3. The van der Waals surface area contributed by atoms with E-state index in [1.807, 2.05) is 6.92 Å². The van der Waals surface area contributed by atoms with Gasteiger partial charge in [-0.15, -0.1) is 11.6 Å². The molecular weight excluding hydrogens is 228 g/mol. The molecule has 1 N–H and O–H groups in total. The fourth-order valence-electron chi connectivity index (χ4n) is 0.754. The average Bonchev–Trinajstić information content (AvgIpc) is 2.58. The Morgan fingerprint density at radius 1 is 1.93 bits per heavy atom. The maximum absolute atomic E-state index is 10.9. The highest BCUT2D eigenvalue weighted by Gasteiger charge is 2.20. The molecule has 0 bridgehead atoms.